The highest BCUT2D eigenvalue weighted by atomic mass is 32.2. The number of hydrogen-bond donors (Lipinski definition) is 2. The van der Waals surface area contributed by atoms with Gasteiger partial charge in [-0.3, -0.25) is 4.79 Å². The molecule has 5 nitrogen and oxygen atoms in total. The molecule has 1 aliphatic rings. The second-order valence-corrected chi connectivity index (χ2v) is 8.11. The molecule has 2 N–H and O–H groups in total. The minimum atomic E-state index is 0.0968. The summed E-state index contributed by atoms with van der Waals surface area (Å²) in [6.45, 7) is 2.41. The zero-order chi connectivity index (χ0) is 19.3. The van der Waals surface area contributed by atoms with Crippen LogP contribution in [0.5, 0.6) is 0 Å². The molecule has 1 aromatic heterocycles. The van der Waals surface area contributed by atoms with E-state index in [1.165, 1.54) is 10.5 Å². The Kier molecular flexibility index (Phi) is 5.86. The van der Waals surface area contributed by atoms with Crippen LogP contribution in [0.3, 0.4) is 0 Å². The number of nitrogens with zero attached hydrogens (tertiary/aromatic N) is 2. The number of carbonyl (C=O) groups is 1. The Morgan fingerprint density at radius 3 is 2.64 bits per heavy atom. The lowest BCUT2D eigenvalue weighted by Gasteiger charge is -2.31. The number of carbonyl (C=O) groups excluding carboxylic acids is 1. The number of para-hydroxylation sites is 2. The maximum absolute atomic E-state index is 12.5. The highest BCUT2D eigenvalue weighted by Crippen LogP contribution is 2.23. The van der Waals surface area contributed by atoms with Gasteiger partial charge in [0.25, 0.3) is 0 Å². The van der Waals surface area contributed by atoms with Gasteiger partial charge in [0.05, 0.1) is 11.0 Å². The van der Waals surface area contributed by atoms with Gasteiger partial charge in [0.15, 0.2) is 0 Å². The summed E-state index contributed by atoms with van der Waals surface area (Å²) >= 11 is 1.74. The summed E-state index contributed by atoms with van der Waals surface area (Å²) in [4.78, 5) is 24.1. The monoisotopic (exact) mass is 394 g/mol. The third-order valence-corrected chi connectivity index (χ3v) is 6.16. The summed E-state index contributed by atoms with van der Waals surface area (Å²) in [5.74, 6) is 1.19. The first-order chi connectivity index (χ1) is 13.7. The van der Waals surface area contributed by atoms with E-state index in [2.05, 4.69) is 50.7 Å². The molecule has 0 radical (unpaired) electrons. The number of amides is 1. The van der Waals surface area contributed by atoms with Crippen LogP contribution in [0.2, 0.25) is 0 Å². The number of benzene rings is 2. The van der Waals surface area contributed by atoms with Crippen LogP contribution in [-0.4, -0.2) is 41.8 Å². The molecule has 0 bridgehead atoms. The number of nitrogens with one attached hydrogen (secondary N) is 2. The van der Waals surface area contributed by atoms with Crippen molar-refractivity contribution in [1.29, 1.82) is 0 Å². The zero-order valence-electron chi connectivity index (χ0n) is 16.1. The number of hydrogen-bond acceptors (Lipinski definition) is 4. The third-order valence-electron chi connectivity index (χ3n) is 5.41. The molecule has 2 heterocycles. The first-order valence-corrected chi connectivity index (χ1v) is 11.1. The molecule has 1 amide bonds. The molecule has 3 aromatic rings. The van der Waals surface area contributed by atoms with Crippen LogP contribution in [0.4, 0.5) is 5.95 Å². The minimum Gasteiger partial charge on any atom is -0.356 e. The number of thioether (sulfide) groups is 1. The molecule has 0 saturated carbocycles. The molecule has 28 heavy (non-hydrogen) atoms. The summed E-state index contributed by atoms with van der Waals surface area (Å²) in [7, 11) is 0. The fraction of sp³-hybridized carbons (Fsp3) is 0.364. The largest absolute Gasteiger partial charge is 0.356 e. The second kappa shape index (κ2) is 8.69. The van der Waals surface area contributed by atoms with E-state index in [9.17, 15) is 4.79 Å². The SMILES string of the molecule is CSc1ccc(CCNC(=O)C2CCN(c3nc4ccccc4[nH]3)CC2)cc1. The molecule has 1 saturated heterocycles. The molecule has 0 unspecified atom stereocenters. The predicted molar refractivity (Wildman–Crippen MR) is 116 cm³/mol. The van der Waals surface area contributed by atoms with E-state index in [1.54, 1.807) is 11.8 Å². The van der Waals surface area contributed by atoms with Crippen molar-refractivity contribution in [3.05, 3.63) is 54.1 Å². The molecule has 2 aromatic carbocycles. The maximum atomic E-state index is 12.5. The molecular weight excluding hydrogens is 368 g/mol. The van der Waals surface area contributed by atoms with Gasteiger partial charge in [0, 0.05) is 30.4 Å². The lowest BCUT2D eigenvalue weighted by molar-refractivity contribution is -0.125. The Labute approximate surface area is 169 Å². The molecule has 6 heteroatoms. The summed E-state index contributed by atoms with van der Waals surface area (Å²) in [6, 6.07) is 16.6. The van der Waals surface area contributed by atoms with Crippen LogP contribution in [0.25, 0.3) is 11.0 Å². The van der Waals surface area contributed by atoms with Crippen molar-refractivity contribution < 1.29 is 4.79 Å². The van der Waals surface area contributed by atoms with E-state index in [0.29, 0.717) is 6.54 Å². The van der Waals surface area contributed by atoms with Crippen LogP contribution in [0.1, 0.15) is 18.4 Å². The molecule has 1 aliphatic heterocycles. The molecular formula is C22H26N4OS. The van der Waals surface area contributed by atoms with Crippen molar-refractivity contribution in [3.63, 3.8) is 0 Å². The van der Waals surface area contributed by atoms with E-state index in [-0.39, 0.29) is 11.8 Å². The van der Waals surface area contributed by atoms with E-state index in [0.717, 1.165) is 49.3 Å². The lowest BCUT2D eigenvalue weighted by Crippen LogP contribution is -2.41. The fourth-order valence-electron chi connectivity index (χ4n) is 3.71. The van der Waals surface area contributed by atoms with Crippen molar-refractivity contribution in [2.45, 2.75) is 24.2 Å². The Balaban J connectivity index is 1.24. The minimum absolute atomic E-state index is 0.0968. The van der Waals surface area contributed by atoms with Crippen molar-refractivity contribution in [2.24, 2.45) is 5.92 Å². The van der Waals surface area contributed by atoms with E-state index >= 15 is 0 Å². The van der Waals surface area contributed by atoms with Crippen molar-refractivity contribution in [3.8, 4) is 0 Å². The van der Waals surface area contributed by atoms with Gasteiger partial charge in [0.1, 0.15) is 0 Å². The number of imidazole rings is 1. The first-order valence-electron chi connectivity index (χ1n) is 9.83. The third kappa shape index (κ3) is 4.33. The lowest BCUT2D eigenvalue weighted by atomic mass is 9.96. The Hall–Kier alpha value is -2.47. The summed E-state index contributed by atoms with van der Waals surface area (Å²) < 4.78 is 0. The Morgan fingerprint density at radius 1 is 1.18 bits per heavy atom. The first kappa shape index (κ1) is 18.9. The number of H-pyrrole nitrogens is 1. The van der Waals surface area contributed by atoms with Crippen LogP contribution in [0.15, 0.2) is 53.4 Å². The van der Waals surface area contributed by atoms with E-state index < -0.39 is 0 Å². The van der Waals surface area contributed by atoms with Crippen molar-refractivity contribution >= 4 is 34.7 Å². The number of piperidine rings is 1. The number of aromatic amines is 1. The average molecular weight is 395 g/mol. The second-order valence-electron chi connectivity index (χ2n) is 7.23. The van der Waals surface area contributed by atoms with Gasteiger partial charge in [-0.1, -0.05) is 24.3 Å². The van der Waals surface area contributed by atoms with Gasteiger partial charge in [-0.05, 0) is 55.3 Å². The Morgan fingerprint density at radius 2 is 1.93 bits per heavy atom. The van der Waals surface area contributed by atoms with Crippen LogP contribution < -0.4 is 10.2 Å². The normalized spacial score (nSPS) is 15.1. The van der Waals surface area contributed by atoms with Gasteiger partial charge in [-0.2, -0.15) is 0 Å². The highest BCUT2D eigenvalue weighted by Gasteiger charge is 2.26. The van der Waals surface area contributed by atoms with E-state index in [4.69, 9.17) is 0 Å². The molecule has 0 spiro atoms. The Bertz CT molecular complexity index is 896. The molecule has 0 atom stereocenters. The summed E-state index contributed by atoms with van der Waals surface area (Å²) in [5, 5.41) is 3.12. The van der Waals surface area contributed by atoms with Crippen LogP contribution in [0, 0.1) is 5.92 Å². The van der Waals surface area contributed by atoms with Gasteiger partial charge in [-0.25, -0.2) is 4.98 Å². The average Bonchev–Trinajstić information content (AvgIpc) is 3.18. The van der Waals surface area contributed by atoms with Crippen molar-refractivity contribution in [1.82, 2.24) is 15.3 Å². The quantitative estimate of drug-likeness (QED) is 0.623. The maximum Gasteiger partial charge on any atom is 0.223 e. The van der Waals surface area contributed by atoms with Gasteiger partial charge in [-0.15, -0.1) is 11.8 Å². The molecule has 4 rings (SSSR count). The number of anilines is 1. The fourth-order valence-corrected chi connectivity index (χ4v) is 4.12. The van der Waals surface area contributed by atoms with E-state index in [1.807, 2.05) is 24.3 Å². The summed E-state index contributed by atoms with van der Waals surface area (Å²) in [6.07, 6.45) is 4.68. The smallest absolute Gasteiger partial charge is 0.223 e. The summed E-state index contributed by atoms with van der Waals surface area (Å²) in [5.41, 5.74) is 3.31. The number of fused-ring (bicyclic) bond motifs is 1. The van der Waals surface area contributed by atoms with Crippen molar-refractivity contribution in [2.75, 3.05) is 30.8 Å². The van der Waals surface area contributed by atoms with Gasteiger partial charge >= 0.3 is 0 Å². The molecule has 1 fully saturated rings. The van der Waals surface area contributed by atoms with Crippen LogP contribution >= 0.6 is 11.8 Å². The molecule has 0 aliphatic carbocycles. The highest BCUT2D eigenvalue weighted by molar-refractivity contribution is 7.98. The topological polar surface area (TPSA) is 61.0 Å². The number of aromatic nitrogens is 2. The van der Waals surface area contributed by atoms with Crippen LogP contribution in [-0.2, 0) is 11.2 Å². The van der Waals surface area contributed by atoms with Gasteiger partial charge < -0.3 is 15.2 Å². The predicted octanol–water partition coefficient (Wildman–Crippen LogP) is 3.86. The van der Waals surface area contributed by atoms with Gasteiger partial charge in [0.2, 0.25) is 11.9 Å². The molecule has 146 valence electrons. The number of rotatable bonds is 6. The standard InChI is InChI=1S/C22H26N4OS/c1-28-18-8-6-16(7-9-18)10-13-23-21(27)17-11-14-26(15-12-17)22-24-19-4-2-3-5-20(19)25-22/h2-9,17H,10-15H2,1H3,(H,23,27)(H,24,25). The zero-order valence-corrected chi connectivity index (χ0v) is 17.0.